The molecule has 2 nitrogen and oxygen atoms in total. The zero-order valence-corrected chi connectivity index (χ0v) is 12.2. The fourth-order valence-electron chi connectivity index (χ4n) is 2.06. The summed E-state index contributed by atoms with van der Waals surface area (Å²) < 4.78 is 10.6. The Morgan fingerprint density at radius 2 is 1.58 bits per heavy atom. The Morgan fingerprint density at radius 3 is 2.26 bits per heavy atom. The van der Waals surface area contributed by atoms with Crippen LogP contribution >= 0.6 is 0 Å². The molecule has 0 saturated carbocycles. The van der Waals surface area contributed by atoms with Crippen molar-refractivity contribution in [1.29, 1.82) is 0 Å². The van der Waals surface area contributed by atoms with Crippen LogP contribution in [-0.2, 0) is 11.2 Å². The zero-order valence-electron chi connectivity index (χ0n) is 12.2. The van der Waals surface area contributed by atoms with E-state index in [1.54, 1.807) is 7.11 Å². The first-order valence-electron chi connectivity index (χ1n) is 7.36. The minimum atomic E-state index is 0.803. The van der Waals surface area contributed by atoms with Gasteiger partial charge in [0.25, 0.3) is 0 Å². The molecule has 0 aliphatic carbocycles. The summed E-state index contributed by atoms with van der Waals surface area (Å²) in [5.41, 5.74) is 1.40. The largest absolute Gasteiger partial charge is 0.497 e. The molecule has 2 heteroatoms. The molecule has 0 atom stereocenters. The molecule has 1 aromatic carbocycles. The van der Waals surface area contributed by atoms with Crippen molar-refractivity contribution in [3.05, 3.63) is 36.8 Å². The van der Waals surface area contributed by atoms with Crippen LogP contribution in [0.3, 0.4) is 0 Å². The molecular formula is C17H27O2. The van der Waals surface area contributed by atoms with E-state index in [4.69, 9.17) is 9.47 Å². The number of rotatable bonds is 11. The van der Waals surface area contributed by atoms with Gasteiger partial charge in [0.15, 0.2) is 0 Å². The van der Waals surface area contributed by atoms with Gasteiger partial charge in [-0.05, 0) is 43.4 Å². The highest BCUT2D eigenvalue weighted by molar-refractivity contribution is 5.27. The van der Waals surface area contributed by atoms with Gasteiger partial charge in [-0.25, -0.2) is 0 Å². The average Bonchev–Trinajstić information content (AvgIpc) is 2.46. The lowest BCUT2D eigenvalue weighted by Crippen LogP contribution is -1.95. The number of hydrogen-bond acceptors (Lipinski definition) is 2. The van der Waals surface area contributed by atoms with Crippen LogP contribution in [-0.4, -0.2) is 20.3 Å². The Hall–Kier alpha value is -1.02. The van der Waals surface area contributed by atoms with Crippen LogP contribution in [0.2, 0.25) is 0 Å². The van der Waals surface area contributed by atoms with E-state index >= 15 is 0 Å². The molecule has 0 aliphatic heterocycles. The second kappa shape index (κ2) is 10.9. The Kier molecular flexibility index (Phi) is 9.17. The van der Waals surface area contributed by atoms with Gasteiger partial charge in [0.2, 0.25) is 0 Å². The summed E-state index contributed by atoms with van der Waals surface area (Å²) >= 11 is 0. The second-order valence-electron chi connectivity index (χ2n) is 4.83. The number of aryl methyl sites for hydroxylation is 1. The Labute approximate surface area is 118 Å². The van der Waals surface area contributed by atoms with Crippen LogP contribution in [0, 0.1) is 6.92 Å². The van der Waals surface area contributed by atoms with Crippen molar-refractivity contribution in [2.45, 2.75) is 44.9 Å². The summed E-state index contributed by atoms with van der Waals surface area (Å²) in [7, 11) is 1.70. The van der Waals surface area contributed by atoms with Gasteiger partial charge in [-0.3, -0.25) is 0 Å². The van der Waals surface area contributed by atoms with E-state index in [2.05, 4.69) is 19.1 Å². The first-order chi connectivity index (χ1) is 9.36. The monoisotopic (exact) mass is 263 g/mol. The molecule has 0 unspecified atom stereocenters. The van der Waals surface area contributed by atoms with Crippen molar-refractivity contribution in [2.24, 2.45) is 0 Å². The summed E-state index contributed by atoms with van der Waals surface area (Å²) in [6, 6.07) is 8.39. The predicted octanol–water partition coefficient (Wildman–Crippen LogP) is 4.43. The van der Waals surface area contributed by atoms with E-state index in [1.807, 2.05) is 12.1 Å². The maximum absolute atomic E-state index is 5.41. The number of benzene rings is 1. The van der Waals surface area contributed by atoms with Crippen LogP contribution in [0.1, 0.15) is 44.1 Å². The van der Waals surface area contributed by atoms with Crippen molar-refractivity contribution < 1.29 is 9.47 Å². The van der Waals surface area contributed by atoms with Gasteiger partial charge in [-0.2, -0.15) is 0 Å². The van der Waals surface area contributed by atoms with Gasteiger partial charge in [0.05, 0.1) is 7.11 Å². The third-order valence-electron chi connectivity index (χ3n) is 3.20. The molecule has 1 radical (unpaired) electrons. The molecule has 1 aromatic rings. The SMILES string of the molecule is [CH2]CCOCCCCCCCc1ccc(OC)cc1. The molecule has 0 amide bonds. The maximum Gasteiger partial charge on any atom is 0.118 e. The van der Waals surface area contributed by atoms with E-state index in [9.17, 15) is 0 Å². The van der Waals surface area contributed by atoms with E-state index in [0.29, 0.717) is 0 Å². The van der Waals surface area contributed by atoms with Crippen molar-refractivity contribution in [2.75, 3.05) is 20.3 Å². The van der Waals surface area contributed by atoms with Gasteiger partial charge in [0, 0.05) is 13.2 Å². The summed E-state index contributed by atoms with van der Waals surface area (Å²) in [5, 5.41) is 0. The number of methoxy groups -OCH3 is 1. The molecule has 0 saturated heterocycles. The lowest BCUT2D eigenvalue weighted by atomic mass is 10.1. The summed E-state index contributed by atoms with van der Waals surface area (Å²) in [5.74, 6) is 0.936. The fourth-order valence-corrected chi connectivity index (χ4v) is 2.06. The highest BCUT2D eigenvalue weighted by atomic mass is 16.5. The Morgan fingerprint density at radius 1 is 0.895 bits per heavy atom. The molecule has 0 aliphatic rings. The van der Waals surface area contributed by atoms with Crippen LogP contribution in [0.15, 0.2) is 24.3 Å². The van der Waals surface area contributed by atoms with E-state index in [0.717, 1.165) is 25.4 Å². The van der Waals surface area contributed by atoms with Gasteiger partial charge in [-0.15, -0.1) is 0 Å². The lowest BCUT2D eigenvalue weighted by molar-refractivity contribution is 0.134. The third kappa shape index (κ3) is 7.89. The van der Waals surface area contributed by atoms with Gasteiger partial charge >= 0.3 is 0 Å². The normalized spacial score (nSPS) is 10.6. The van der Waals surface area contributed by atoms with Crippen molar-refractivity contribution >= 4 is 0 Å². The minimum Gasteiger partial charge on any atom is -0.497 e. The van der Waals surface area contributed by atoms with E-state index < -0.39 is 0 Å². The molecule has 1 rings (SSSR count). The molecule has 107 valence electrons. The smallest absolute Gasteiger partial charge is 0.118 e. The summed E-state index contributed by atoms with van der Waals surface area (Å²) in [6.45, 7) is 5.45. The zero-order chi connectivity index (χ0) is 13.8. The van der Waals surface area contributed by atoms with Gasteiger partial charge in [0.1, 0.15) is 5.75 Å². The number of ether oxygens (including phenoxy) is 2. The molecule has 0 aromatic heterocycles. The fraction of sp³-hybridized carbons (Fsp3) is 0.588. The van der Waals surface area contributed by atoms with Gasteiger partial charge in [-0.1, -0.05) is 38.3 Å². The first-order valence-corrected chi connectivity index (χ1v) is 7.36. The van der Waals surface area contributed by atoms with E-state index in [1.165, 1.54) is 44.1 Å². The second-order valence-corrected chi connectivity index (χ2v) is 4.83. The molecule has 0 spiro atoms. The van der Waals surface area contributed by atoms with Crippen molar-refractivity contribution in [3.8, 4) is 5.75 Å². The summed E-state index contributed by atoms with van der Waals surface area (Å²) in [6.07, 6.45) is 8.39. The number of hydrogen-bond donors (Lipinski definition) is 0. The quantitative estimate of drug-likeness (QED) is 0.550. The van der Waals surface area contributed by atoms with Crippen LogP contribution < -0.4 is 4.74 Å². The standard InChI is InChI=1S/C17H27O2/c1-3-14-19-15-8-6-4-5-7-9-16-10-12-17(18-2)13-11-16/h10-13H,1,3-9,14-15H2,2H3. The lowest BCUT2D eigenvalue weighted by Gasteiger charge is -2.04. The topological polar surface area (TPSA) is 18.5 Å². The molecule has 0 heterocycles. The molecule has 0 fully saturated rings. The molecular weight excluding hydrogens is 236 g/mol. The van der Waals surface area contributed by atoms with Crippen molar-refractivity contribution in [1.82, 2.24) is 0 Å². The molecule has 0 N–H and O–H groups in total. The Balaban J connectivity index is 1.95. The minimum absolute atomic E-state index is 0.803. The highest BCUT2D eigenvalue weighted by Gasteiger charge is 1.96. The van der Waals surface area contributed by atoms with E-state index in [-0.39, 0.29) is 0 Å². The predicted molar refractivity (Wildman–Crippen MR) is 80.6 cm³/mol. The van der Waals surface area contributed by atoms with Crippen molar-refractivity contribution in [3.63, 3.8) is 0 Å². The van der Waals surface area contributed by atoms with Crippen LogP contribution in [0.4, 0.5) is 0 Å². The summed E-state index contributed by atoms with van der Waals surface area (Å²) in [4.78, 5) is 0. The third-order valence-corrected chi connectivity index (χ3v) is 3.20. The Bertz CT molecular complexity index is 306. The first kappa shape index (κ1) is 16.0. The highest BCUT2D eigenvalue weighted by Crippen LogP contribution is 2.14. The van der Waals surface area contributed by atoms with Gasteiger partial charge < -0.3 is 9.47 Å². The average molecular weight is 263 g/mol. The molecule has 19 heavy (non-hydrogen) atoms. The van der Waals surface area contributed by atoms with Crippen LogP contribution in [0.25, 0.3) is 0 Å². The van der Waals surface area contributed by atoms with Crippen LogP contribution in [0.5, 0.6) is 5.75 Å². The maximum atomic E-state index is 5.41. The molecule has 0 bridgehead atoms. The number of unbranched alkanes of at least 4 members (excludes halogenated alkanes) is 4.